The molecule has 0 saturated heterocycles. The van der Waals surface area contributed by atoms with Crippen molar-refractivity contribution in [3.63, 3.8) is 0 Å². The third-order valence-electron chi connectivity index (χ3n) is 3.85. The fourth-order valence-corrected chi connectivity index (χ4v) is 4.28. The summed E-state index contributed by atoms with van der Waals surface area (Å²) in [6.45, 7) is 2.52. The van der Waals surface area contributed by atoms with Gasteiger partial charge in [0.25, 0.3) is 0 Å². The third kappa shape index (κ3) is 3.32. The SMILES string of the molecule is CC1(CNS(=O)(=O)c2ccc(C#N)cc2Cl)CCCC1. The smallest absolute Gasteiger partial charge is 0.211 e. The Morgan fingerprint density at radius 2 is 2.05 bits per heavy atom. The summed E-state index contributed by atoms with van der Waals surface area (Å²) in [5, 5.41) is 8.84. The highest BCUT2D eigenvalue weighted by Gasteiger charge is 2.30. The fourth-order valence-electron chi connectivity index (χ4n) is 2.54. The van der Waals surface area contributed by atoms with Crippen molar-refractivity contribution < 1.29 is 8.42 Å². The van der Waals surface area contributed by atoms with Gasteiger partial charge in [-0.25, -0.2) is 13.1 Å². The minimum Gasteiger partial charge on any atom is -0.211 e. The van der Waals surface area contributed by atoms with Gasteiger partial charge in [0.1, 0.15) is 4.90 Å². The molecule has 1 aliphatic rings. The Balaban J connectivity index is 2.16. The van der Waals surface area contributed by atoms with Crippen LogP contribution in [0.4, 0.5) is 0 Å². The van der Waals surface area contributed by atoms with E-state index in [1.807, 2.05) is 6.07 Å². The number of nitriles is 1. The Kier molecular flexibility index (Phi) is 4.38. The third-order valence-corrected chi connectivity index (χ3v) is 5.73. The summed E-state index contributed by atoms with van der Waals surface area (Å²) < 4.78 is 27.2. The van der Waals surface area contributed by atoms with Crippen LogP contribution < -0.4 is 4.72 Å². The Morgan fingerprint density at radius 3 is 2.60 bits per heavy atom. The van der Waals surface area contributed by atoms with Crippen molar-refractivity contribution >= 4 is 21.6 Å². The van der Waals surface area contributed by atoms with Crippen LogP contribution in [0.25, 0.3) is 0 Å². The van der Waals surface area contributed by atoms with Crippen LogP contribution in [0.5, 0.6) is 0 Å². The minimum absolute atomic E-state index is 0.0276. The molecule has 0 spiro atoms. The molecule has 1 fully saturated rings. The molecule has 2 rings (SSSR count). The normalized spacial score (nSPS) is 17.9. The fraction of sp³-hybridized carbons (Fsp3) is 0.500. The summed E-state index contributed by atoms with van der Waals surface area (Å²) in [7, 11) is -3.63. The number of sulfonamides is 1. The van der Waals surface area contributed by atoms with Crippen molar-refractivity contribution in [2.75, 3.05) is 6.54 Å². The van der Waals surface area contributed by atoms with E-state index in [0.717, 1.165) is 25.7 Å². The highest BCUT2D eigenvalue weighted by Crippen LogP contribution is 2.37. The zero-order valence-electron chi connectivity index (χ0n) is 11.3. The van der Waals surface area contributed by atoms with Gasteiger partial charge in [0.15, 0.2) is 0 Å². The first-order chi connectivity index (χ1) is 9.36. The first-order valence-corrected chi connectivity index (χ1v) is 8.42. The molecular weight excluding hydrogens is 296 g/mol. The largest absolute Gasteiger partial charge is 0.242 e. The highest BCUT2D eigenvalue weighted by molar-refractivity contribution is 7.89. The van der Waals surface area contributed by atoms with Crippen LogP contribution >= 0.6 is 11.6 Å². The quantitative estimate of drug-likeness (QED) is 0.928. The van der Waals surface area contributed by atoms with Gasteiger partial charge in [0.05, 0.1) is 16.7 Å². The molecular formula is C14H17ClN2O2S. The van der Waals surface area contributed by atoms with E-state index in [-0.39, 0.29) is 15.3 Å². The Bertz CT molecular complexity index is 644. The first-order valence-electron chi connectivity index (χ1n) is 6.56. The zero-order chi connectivity index (χ0) is 14.8. The topological polar surface area (TPSA) is 70.0 Å². The molecule has 1 aromatic rings. The molecule has 0 aromatic heterocycles. The summed E-state index contributed by atoms with van der Waals surface area (Å²) in [6, 6.07) is 6.13. The van der Waals surface area contributed by atoms with Crippen LogP contribution in [-0.2, 0) is 10.0 Å². The molecule has 0 amide bonds. The summed E-state index contributed by atoms with van der Waals surface area (Å²) in [6.07, 6.45) is 4.37. The average molecular weight is 313 g/mol. The molecule has 0 heterocycles. The van der Waals surface area contributed by atoms with E-state index in [2.05, 4.69) is 11.6 Å². The first kappa shape index (κ1) is 15.3. The second-order valence-electron chi connectivity index (χ2n) is 5.60. The average Bonchev–Trinajstić information content (AvgIpc) is 2.84. The Labute approximate surface area is 124 Å². The summed E-state index contributed by atoms with van der Waals surface area (Å²) in [4.78, 5) is 0.0276. The van der Waals surface area contributed by atoms with Crippen LogP contribution in [0.2, 0.25) is 5.02 Å². The predicted molar refractivity (Wildman–Crippen MR) is 77.9 cm³/mol. The molecule has 0 atom stereocenters. The van der Waals surface area contributed by atoms with Crippen molar-refractivity contribution in [2.45, 2.75) is 37.5 Å². The monoisotopic (exact) mass is 312 g/mol. The number of rotatable bonds is 4. The summed E-state index contributed by atoms with van der Waals surface area (Å²) >= 11 is 5.95. The summed E-state index contributed by atoms with van der Waals surface area (Å²) in [5.74, 6) is 0. The molecule has 1 aliphatic carbocycles. The van der Waals surface area contributed by atoms with E-state index >= 15 is 0 Å². The van der Waals surface area contributed by atoms with Crippen molar-refractivity contribution in [2.24, 2.45) is 5.41 Å². The van der Waals surface area contributed by atoms with E-state index in [0.29, 0.717) is 12.1 Å². The molecule has 6 heteroatoms. The Morgan fingerprint density at radius 1 is 1.40 bits per heavy atom. The number of hydrogen-bond acceptors (Lipinski definition) is 3. The maximum atomic E-state index is 12.3. The molecule has 1 N–H and O–H groups in total. The standard InChI is InChI=1S/C14H17ClN2O2S/c1-14(6-2-3-7-14)10-17-20(18,19)13-5-4-11(9-16)8-12(13)15/h4-5,8,17H,2-3,6-7,10H2,1H3. The molecule has 108 valence electrons. The molecule has 0 radical (unpaired) electrons. The van der Waals surface area contributed by atoms with Crippen molar-refractivity contribution in [1.29, 1.82) is 5.26 Å². The zero-order valence-corrected chi connectivity index (χ0v) is 12.9. The van der Waals surface area contributed by atoms with E-state index in [4.69, 9.17) is 16.9 Å². The molecule has 1 aromatic carbocycles. The minimum atomic E-state index is -3.63. The highest BCUT2D eigenvalue weighted by atomic mass is 35.5. The molecule has 1 saturated carbocycles. The Hall–Kier alpha value is -1.09. The number of benzene rings is 1. The van der Waals surface area contributed by atoms with E-state index in [9.17, 15) is 8.42 Å². The van der Waals surface area contributed by atoms with Crippen molar-refractivity contribution in [3.05, 3.63) is 28.8 Å². The van der Waals surface area contributed by atoms with E-state index in [1.165, 1.54) is 18.2 Å². The lowest BCUT2D eigenvalue weighted by Crippen LogP contribution is -2.34. The molecule has 0 aliphatic heterocycles. The lowest BCUT2D eigenvalue weighted by atomic mass is 9.89. The van der Waals surface area contributed by atoms with Crippen LogP contribution in [0.3, 0.4) is 0 Å². The van der Waals surface area contributed by atoms with Crippen molar-refractivity contribution in [1.82, 2.24) is 4.72 Å². The van der Waals surface area contributed by atoms with E-state index < -0.39 is 10.0 Å². The van der Waals surface area contributed by atoms with Crippen LogP contribution in [0.15, 0.2) is 23.1 Å². The molecule has 0 unspecified atom stereocenters. The van der Waals surface area contributed by atoms with Gasteiger partial charge < -0.3 is 0 Å². The molecule has 0 bridgehead atoms. The van der Waals surface area contributed by atoms with Gasteiger partial charge in [-0.3, -0.25) is 0 Å². The van der Waals surface area contributed by atoms with Gasteiger partial charge >= 0.3 is 0 Å². The van der Waals surface area contributed by atoms with Gasteiger partial charge in [-0.05, 0) is 36.5 Å². The van der Waals surface area contributed by atoms with E-state index in [1.54, 1.807) is 0 Å². The maximum absolute atomic E-state index is 12.3. The number of nitrogens with zero attached hydrogens (tertiary/aromatic N) is 1. The van der Waals surface area contributed by atoms with Gasteiger partial charge in [-0.2, -0.15) is 5.26 Å². The van der Waals surface area contributed by atoms with Crippen LogP contribution in [-0.4, -0.2) is 15.0 Å². The number of nitrogens with one attached hydrogen (secondary N) is 1. The lowest BCUT2D eigenvalue weighted by Gasteiger charge is -2.23. The second kappa shape index (κ2) is 5.72. The van der Waals surface area contributed by atoms with Crippen LogP contribution in [0.1, 0.15) is 38.2 Å². The summed E-state index contributed by atoms with van der Waals surface area (Å²) in [5.41, 5.74) is 0.378. The van der Waals surface area contributed by atoms with Gasteiger partial charge in [-0.15, -0.1) is 0 Å². The van der Waals surface area contributed by atoms with Gasteiger partial charge in [-0.1, -0.05) is 31.4 Å². The van der Waals surface area contributed by atoms with Gasteiger partial charge in [0, 0.05) is 6.54 Å². The molecule has 20 heavy (non-hydrogen) atoms. The second-order valence-corrected chi connectivity index (χ2v) is 7.74. The van der Waals surface area contributed by atoms with Crippen molar-refractivity contribution in [3.8, 4) is 6.07 Å². The number of hydrogen-bond donors (Lipinski definition) is 1. The van der Waals surface area contributed by atoms with Crippen LogP contribution in [0, 0.1) is 16.7 Å². The molecule has 4 nitrogen and oxygen atoms in total. The lowest BCUT2D eigenvalue weighted by molar-refractivity contribution is 0.336. The van der Waals surface area contributed by atoms with Gasteiger partial charge in [0.2, 0.25) is 10.0 Å². The predicted octanol–water partition coefficient (Wildman–Crippen LogP) is 3.07. The number of halogens is 1. The maximum Gasteiger partial charge on any atom is 0.242 e.